The van der Waals surface area contributed by atoms with Gasteiger partial charge in [0.25, 0.3) is 0 Å². The summed E-state index contributed by atoms with van der Waals surface area (Å²) < 4.78 is 6.61. The Balaban J connectivity index is 0.000000293. The number of benzene rings is 4. The van der Waals surface area contributed by atoms with Gasteiger partial charge in [0.1, 0.15) is 50.6 Å². The molecule has 0 atom stereocenters. The Hall–Kier alpha value is -7.76. The van der Waals surface area contributed by atoms with Gasteiger partial charge >= 0.3 is 17.1 Å². The van der Waals surface area contributed by atoms with Gasteiger partial charge in [0.2, 0.25) is 0 Å². The predicted molar refractivity (Wildman–Crippen MR) is 254 cm³/mol. The van der Waals surface area contributed by atoms with Crippen LogP contribution < -0.4 is 0 Å². The van der Waals surface area contributed by atoms with Crippen molar-refractivity contribution in [1.29, 1.82) is 0 Å². The Kier molecular flexibility index (Phi) is 28.6. The van der Waals surface area contributed by atoms with Crippen LogP contribution in [0.25, 0.3) is 10.8 Å². The van der Waals surface area contributed by atoms with E-state index >= 15 is 0 Å². The Bertz CT molecular complexity index is 2240. The van der Waals surface area contributed by atoms with Gasteiger partial charge in [0, 0.05) is 74.1 Å². The zero-order valence-electron chi connectivity index (χ0n) is 35.9. The zero-order chi connectivity index (χ0) is 47.5. The molecule has 0 amide bonds. The Labute approximate surface area is 408 Å². The minimum atomic E-state index is 0. The van der Waals surface area contributed by atoms with Crippen LogP contribution >= 0.6 is 24.4 Å². The van der Waals surface area contributed by atoms with Crippen LogP contribution in [0.15, 0.2) is 172 Å². The van der Waals surface area contributed by atoms with Gasteiger partial charge in [-0.25, -0.2) is 19.9 Å². The maximum absolute atomic E-state index is 11.7. The Morgan fingerprint density at radius 2 is 0.567 bits per heavy atom. The molecule has 21 heteroatoms. The summed E-state index contributed by atoms with van der Waals surface area (Å²) in [6.45, 7) is 2.31. The fraction of sp³-hybridized carbons (Fsp3) is 0.174. The topological polar surface area (TPSA) is 236 Å². The first-order chi connectivity index (χ1) is 32.3. The Morgan fingerprint density at radius 1 is 0.388 bits per heavy atom. The largest absolute Gasteiger partial charge is 2.00 e. The summed E-state index contributed by atoms with van der Waals surface area (Å²) in [4.78, 5) is 62.0. The van der Waals surface area contributed by atoms with Gasteiger partial charge in [0.15, 0.2) is 23.1 Å². The molecule has 67 heavy (non-hydrogen) atoms. The number of isothiocyanates is 2. The molecule has 0 aliphatic rings. The van der Waals surface area contributed by atoms with E-state index in [1.807, 2.05) is 121 Å². The number of hydrogen-bond donors (Lipinski definition) is 0. The molecule has 0 fully saturated rings. The maximum atomic E-state index is 11.7. The summed E-state index contributed by atoms with van der Waals surface area (Å²) in [5.74, 6) is 0.523. The molecule has 1 radical (unpaired) electrons. The van der Waals surface area contributed by atoms with Crippen molar-refractivity contribution in [3.05, 3.63) is 205 Å². The van der Waals surface area contributed by atoms with Crippen molar-refractivity contribution in [2.24, 2.45) is 0 Å². The van der Waals surface area contributed by atoms with E-state index in [1.165, 1.54) is 35.6 Å². The minimum Gasteiger partial charge on any atom is -0.753 e. The van der Waals surface area contributed by atoms with E-state index in [1.54, 1.807) is 44.0 Å². The van der Waals surface area contributed by atoms with Crippen molar-refractivity contribution >= 4 is 57.9 Å². The third-order valence-corrected chi connectivity index (χ3v) is 8.52. The number of carbonyl (C=O) groups excluding carboxylic acids is 4. The molecule has 0 bridgehead atoms. The SMILES string of the molecule is O=C(CCn1cncn1)c1ccccc1.O=C(CCn1cncn1)c1ccccc1.O=C(CCn1cncn1)c1ccccc1.O=C(CCn1cncn1)c1ccccc1.[Mn+2].[N-]=C=S.[N-]=C=S. The Morgan fingerprint density at radius 3 is 0.716 bits per heavy atom. The molecule has 4 aromatic carbocycles. The molecule has 18 nitrogen and oxygen atoms in total. The van der Waals surface area contributed by atoms with Crippen LogP contribution in [0.5, 0.6) is 0 Å². The van der Waals surface area contributed by atoms with Crippen LogP contribution in [0.2, 0.25) is 0 Å². The summed E-state index contributed by atoms with van der Waals surface area (Å²) in [5.41, 5.74) is 2.99. The zero-order valence-corrected chi connectivity index (χ0v) is 38.7. The van der Waals surface area contributed by atoms with Gasteiger partial charge in [-0.1, -0.05) is 146 Å². The minimum absolute atomic E-state index is 0. The second-order valence-electron chi connectivity index (χ2n) is 13.0. The number of rotatable bonds is 16. The second kappa shape index (κ2) is 34.6. The fourth-order valence-corrected chi connectivity index (χ4v) is 5.33. The van der Waals surface area contributed by atoms with E-state index in [4.69, 9.17) is 10.8 Å². The van der Waals surface area contributed by atoms with Crippen molar-refractivity contribution in [2.75, 3.05) is 0 Å². The molecule has 0 spiro atoms. The summed E-state index contributed by atoms with van der Waals surface area (Å²) in [6.07, 6.45) is 14.1. The number of hydrogen-bond acceptors (Lipinski definition) is 14. The molecule has 0 N–H and O–H groups in total. The fourth-order valence-electron chi connectivity index (χ4n) is 5.33. The van der Waals surface area contributed by atoms with E-state index < -0.39 is 0 Å². The van der Waals surface area contributed by atoms with Gasteiger partial charge in [-0.3, -0.25) is 37.9 Å². The molecular formula is C46H44MnN14O4S2. The average Bonchev–Trinajstić information content (AvgIpc) is 4.24. The van der Waals surface area contributed by atoms with Crippen molar-refractivity contribution in [2.45, 2.75) is 51.9 Å². The van der Waals surface area contributed by atoms with Gasteiger partial charge in [-0.05, 0) is 0 Å². The number of thiocarbonyl (C=S) groups is 2. The number of aromatic nitrogens is 12. The molecular weight excluding hydrogens is 932 g/mol. The van der Waals surface area contributed by atoms with Gasteiger partial charge in [-0.15, -0.1) is 0 Å². The second-order valence-corrected chi connectivity index (χ2v) is 13.3. The van der Waals surface area contributed by atoms with Crippen LogP contribution in [0.4, 0.5) is 0 Å². The van der Waals surface area contributed by atoms with Crippen LogP contribution in [0.3, 0.4) is 0 Å². The normalized spacial score (nSPS) is 9.31. The van der Waals surface area contributed by atoms with Gasteiger partial charge in [-0.2, -0.15) is 30.7 Å². The number of nitrogens with zero attached hydrogens (tertiary/aromatic N) is 14. The molecule has 8 aromatic rings. The molecule has 0 aliphatic heterocycles. The molecule has 341 valence electrons. The molecule has 8 rings (SSSR count). The first kappa shape index (κ1) is 55.4. The summed E-state index contributed by atoms with van der Waals surface area (Å²) >= 11 is 7.40. The van der Waals surface area contributed by atoms with E-state index in [0.717, 1.165) is 22.3 Å². The molecule has 0 saturated heterocycles. The molecule has 0 aliphatic carbocycles. The summed E-state index contributed by atoms with van der Waals surface area (Å²) in [7, 11) is 0. The maximum Gasteiger partial charge on any atom is 2.00 e. The molecule has 0 saturated carbocycles. The average molecular weight is 976 g/mol. The monoisotopic (exact) mass is 975 g/mol. The van der Waals surface area contributed by atoms with Crippen LogP contribution in [0, 0.1) is 0 Å². The molecule has 0 unspecified atom stereocenters. The van der Waals surface area contributed by atoms with E-state index in [0.29, 0.717) is 51.9 Å². The summed E-state index contributed by atoms with van der Waals surface area (Å²) in [6, 6.07) is 37.1. The third kappa shape index (κ3) is 23.7. The van der Waals surface area contributed by atoms with Gasteiger partial charge < -0.3 is 10.8 Å². The summed E-state index contributed by atoms with van der Waals surface area (Å²) in [5, 5.41) is 32.7. The van der Waals surface area contributed by atoms with Crippen molar-refractivity contribution in [3.8, 4) is 0 Å². The quantitative estimate of drug-likeness (QED) is 0.0394. The first-order valence-electron chi connectivity index (χ1n) is 19.9. The smallest absolute Gasteiger partial charge is 0.753 e. The number of aryl methyl sites for hydroxylation is 4. The number of Topliss-reactive ketones (excluding diaryl/α,β-unsaturated/α-hetero) is 4. The van der Waals surface area contributed by atoms with Crippen LogP contribution in [-0.2, 0) is 43.2 Å². The van der Waals surface area contributed by atoms with Gasteiger partial charge in [0.05, 0.1) is 0 Å². The number of carbonyl (C=O) groups is 4. The van der Waals surface area contributed by atoms with Crippen molar-refractivity contribution in [3.63, 3.8) is 0 Å². The van der Waals surface area contributed by atoms with E-state index in [-0.39, 0.29) is 40.2 Å². The standard InChI is InChI=1S/4C11H11N3O.2CNS.Mn/c4*15-11(10-4-2-1-3-5-10)6-7-14-9-12-8-13-14;2*2-1-3;/h4*1-5,8-9H,6-7H2;;;/q;;;;2*-1;+2. The number of ketones is 4. The first-order valence-corrected chi connectivity index (χ1v) is 20.7. The molecule has 4 aromatic heterocycles. The predicted octanol–water partition coefficient (Wildman–Crippen LogP) is 7.52. The van der Waals surface area contributed by atoms with Crippen molar-refractivity contribution < 1.29 is 36.2 Å². The third-order valence-electron chi connectivity index (χ3n) is 8.52. The van der Waals surface area contributed by atoms with E-state index in [9.17, 15) is 19.2 Å². The van der Waals surface area contributed by atoms with Crippen LogP contribution in [-0.4, -0.2) is 92.5 Å². The molecule has 4 heterocycles. The van der Waals surface area contributed by atoms with E-state index in [2.05, 4.69) is 64.8 Å². The van der Waals surface area contributed by atoms with Crippen LogP contribution in [0.1, 0.15) is 67.1 Å². The van der Waals surface area contributed by atoms with Crippen molar-refractivity contribution in [1.82, 2.24) is 59.1 Å².